The lowest BCUT2D eigenvalue weighted by Crippen LogP contribution is -2.58. The predicted octanol–water partition coefficient (Wildman–Crippen LogP) is -0.130. The molecule has 11 nitrogen and oxygen atoms in total. The standard InChI is InChI=1S/C27H35N5O6/c1-16(2)23(27(37)38)32-26(36)21(14-18-11-7-4-8-12-18)31-25(35)20(13-17-9-5-3-6-10-17)30-24(34)19(28)15-22(29)33/h3-12,16,19-21,23H,13-15,28H2,1-2H3,(H2,29,33)(H,30,34)(H,31,35)(H,32,36)(H,37,38). The van der Waals surface area contributed by atoms with Crippen LogP contribution in [0.1, 0.15) is 31.4 Å². The number of nitrogens with one attached hydrogen (secondary N) is 3. The molecule has 2 aromatic rings. The van der Waals surface area contributed by atoms with Gasteiger partial charge in [-0.2, -0.15) is 0 Å². The molecule has 4 amide bonds. The second-order valence-electron chi connectivity index (χ2n) is 9.35. The van der Waals surface area contributed by atoms with Gasteiger partial charge in [-0.05, 0) is 17.0 Å². The van der Waals surface area contributed by atoms with Crippen molar-refractivity contribution in [2.24, 2.45) is 17.4 Å². The number of nitrogens with two attached hydrogens (primary N) is 2. The zero-order valence-corrected chi connectivity index (χ0v) is 21.4. The number of carbonyl (C=O) groups is 5. The highest BCUT2D eigenvalue weighted by Gasteiger charge is 2.31. The maximum absolute atomic E-state index is 13.4. The molecule has 0 aromatic heterocycles. The molecule has 0 aliphatic rings. The van der Waals surface area contributed by atoms with Gasteiger partial charge >= 0.3 is 5.97 Å². The molecule has 0 saturated carbocycles. The summed E-state index contributed by atoms with van der Waals surface area (Å²) in [7, 11) is 0. The lowest BCUT2D eigenvalue weighted by atomic mass is 10.0. The fraction of sp³-hybridized carbons (Fsp3) is 0.370. The number of benzene rings is 2. The van der Waals surface area contributed by atoms with E-state index in [1.54, 1.807) is 74.5 Å². The third-order valence-corrected chi connectivity index (χ3v) is 5.82. The van der Waals surface area contributed by atoms with Crippen LogP contribution in [-0.2, 0) is 36.8 Å². The van der Waals surface area contributed by atoms with Crippen LogP contribution in [0.15, 0.2) is 60.7 Å². The van der Waals surface area contributed by atoms with E-state index in [9.17, 15) is 29.1 Å². The molecule has 0 heterocycles. The Hall–Kier alpha value is -4.25. The third-order valence-electron chi connectivity index (χ3n) is 5.82. The van der Waals surface area contributed by atoms with E-state index < -0.39 is 66.1 Å². The predicted molar refractivity (Wildman–Crippen MR) is 140 cm³/mol. The fourth-order valence-corrected chi connectivity index (χ4v) is 3.75. The minimum absolute atomic E-state index is 0.0745. The largest absolute Gasteiger partial charge is 0.480 e. The van der Waals surface area contributed by atoms with Crippen LogP contribution in [0.25, 0.3) is 0 Å². The number of hydrogen-bond acceptors (Lipinski definition) is 6. The summed E-state index contributed by atoms with van der Waals surface area (Å²) in [6, 6.07) is 13.1. The van der Waals surface area contributed by atoms with Crippen molar-refractivity contribution in [2.75, 3.05) is 0 Å². The highest BCUT2D eigenvalue weighted by Crippen LogP contribution is 2.09. The van der Waals surface area contributed by atoms with E-state index in [0.29, 0.717) is 0 Å². The summed E-state index contributed by atoms with van der Waals surface area (Å²) in [5, 5.41) is 17.2. The summed E-state index contributed by atoms with van der Waals surface area (Å²) in [6.45, 7) is 3.31. The molecule has 11 heteroatoms. The minimum Gasteiger partial charge on any atom is -0.480 e. The molecule has 38 heavy (non-hydrogen) atoms. The first-order chi connectivity index (χ1) is 18.0. The molecule has 0 aliphatic heterocycles. The number of hydrogen-bond donors (Lipinski definition) is 6. The Balaban J connectivity index is 2.30. The second kappa shape index (κ2) is 14.5. The summed E-state index contributed by atoms with van der Waals surface area (Å²) in [5.41, 5.74) is 12.4. The van der Waals surface area contributed by atoms with Gasteiger partial charge in [0.05, 0.1) is 12.5 Å². The molecule has 0 bridgehead atoms. The molecule has 4 unspecified atom stereocenters. The first kappa shape index (κ1) is 30.0. The van der Waals surface area contributed by atoms with Crippen molar-refractivity contribution < 1.29 is 29.1 Å². The second-order valence-corrected chi connectivity index (χ2v) is 9.35. The molecule has 4 atom stereocenters. The number of rotatable bonds is 14. The summed E-state index contributed by atoms with van der Waals surface area (Å²) in [5.74, 6) is -4.49. The van der Waals surface area contributed by atoms with Crippen LogP contribution in [0.3, 0.4) is 0 Å². The van der Waals surface area contributed by atoms with Gasteiger partial charge in [0.25, 0.3) is 0 Å². The number of amides is 4. The van der Waals surface area contributed by atoms with Gasteiger partial charge in [0.1, 0.15) is 18.1 Å². The van der Waals surface area contributed by atoms with Crippen LogP contribution >= 0.6 is 0 Å². The van der Waals surface area contributed by atoms with Crippen molar-refractivity contribution in [3.05, 3.63) is 71.8 Å². The fourth-order valence-electron chi connectivity index (χ4n) is 3.75. The first-order valence-corrected chi connectivity index (χ1v) is 12.2. The molecule has 204 valence electrons. The van der Waals surface area contributed by atoms with Gasteiger partial charge < -0.3 is 32.5 Å². The Morgan fingerprint density at radius 2 is 1.16 bits per heavy atom. The zero-order valence-electron chi connectivity index (χ0n) is 21.4. The van der Waals surface area contributed by atoms with E-state index in [0.717, 1.165) is 11.1 Å². The Bertz CT molecular complexity index is 1110. The molecule has 8 N–H and O–H groups in total. The van der Waals surface area contributed by atoms with Gasteiger partial charge in [0.15, 0.2) is 0 Å². The summed E-state index contributed by atoms with van der Waals surface area (Å²) >= 11 is 0. The number of aliphatic carboxylic acids is 1. The lowest BCUT2D eigenvalue weighted by molar-refractivity contribution is -0.143. The van der Waals surface area contributed by atoms with E-state index in [2.05, 4.69) is 16.0 Å². The van der Waals surface area contributed by atoms with Gasteiger partial charge in [-0.3, -0.25) is 19.2 Å². The van der Waals surface area contributed by atoms with E-state index in [1.165, 1.54) is 0 Å². The maximum Gasteiger partial charge on any atom is 0.326 e. The van der Waals surface area contributed by atoms with E-state index >= 15 is 0 Å². The monoisotopic (exact) mass is 525 g/mol. The molecule has 0 radical (unpaired) electrons. The molecular weight excluding hydrogens is 490 g/mol. The quantitative estimate of drug-likeness (QED) is 0.198. The van der Waals surface area contributed by atoms with Crippen LogP contribution in [0.4, 0.5) is 0 Å². The molecule has 0 saturated heterocycles. The van der Waals surface area contributed by atoms with Gasteiger partial charge in [-0.1, -0.05) is 74.5 Å². The zero-order chi connectivity index (χ0) is 28.2. The molecule has 2 aromatic carbocycles. The Labute approximate surface area is 221 Å². The molecular formula is C27H35N5O6. The number of carbonyl (C=O) groups excluding carboxylic acids is 4. The Morgan fingerprint density at radius 3 is 1.55 bits per heavy atom. The van der Waals surface area contributed by atoms with Gasteiger partial charge in [-0.25, -0.2) is 4.79 Å². The minimum atomic E-state index is -1.26. The summed E-state index contributed by atoms with van der Waals surface area (Å²) in [4.78, 5) is 62.1. The Kier molecular flexibility index (Phi) is 11.4. The van der Waals surface area contributed by atoms with Crippen molar-refractivity contribution >= 4 is 29.6 Å². The number of primary amides is 1. The van der Waals surface area contributed by atoms with E-state index in [1.807, 2.05) is 0 Å². The van der Waals surface area contributed by atoms with Crippen LogP contribution < -0.4 is 27.4 Å². The van der Waals surface area contributed by atoms with Crippen molar-refractivity contribution in [3.63, 3.8) is 0 Å². The Morgan fingerprint density at radius 1 is 0.737 bits per heavy atom. The first-order valence-electron chi connectivity index (χ1n) is 12.2. The van der Waals surface area contributed by atoms with Crippen molar-refractivity contribution in [2.45, 2.75) is 57.3 Å². The van der Waals surface area contributed by atoms with E-state index in [-0.39, 0.29) is 12.8 Å². The topological polar surface area (TPSA) is 194 Å². The van der Waals surface area contributed by atoms with Crippen LogP contribution in [0.2, 0.25) is 0 Å². The van der Waals surface area contributed by atoms with Crippen LogP contribution in [-0.4, -0.2) is 58.9 Å². The number of carboxylic acid groups (broad SMARTS) is 1. The average molecular weight is 526 g/mol. The van der Waals surface area contributed by atoms with Crippen LogP contribution in [0.5, 0.6) is 0 Å². The van der Waals surface area contributed by atoms with Crippen molar-refractivity contribution in [1.82, 2.24) is 16.0 Å². The SMILES string of the molecule is CC(C)C(NC(=O)C(Cc1ccccc1)NC(=O)C(Cc1ccccc1)NC(=O)C(N)CC(N)=O)C(=O)O. The molecule has 0 fully saturated rings. The van der Waals surface area contributed by atoms with Crippen LogP contribution in [0, 0.1) is 5.92 Å². The van der Waals surface area contributed by atoms with E-state index in [4.69, 9.17) is 11.5 Å². The lowest BCUT2D eigenvalue weighted by Gasteiger charge is -2.26. The molecule has 0 aliphatic carbocycles. The van der Waals surface area contributed by atoms with Crippen molar-refractivity contribution in [3.8, 4) is 0 Å². The van der Waals surface area contributed by atoms with Gasteiger partial charge in [0.2, 0.25) is 23.6 Å². The third kappa shape index (κ3) is 9.66. The number of carboxylic acids is 1. The highest BCUT2D eigenvalue weighted by molar-refractivity contribution is 5.95. The average Bonchev–Trinajstić information content (AvgIpc) is 2.86. The summed E-state index contributed by atoms with van der Waals surface area (Å²) in [6.07, 6.45) is -0.252. The van der Waals surface area contributed by atoms with Gasteiger partial charge in [0, 0.05) is 12.8 Å². The normalized spacial score (nSPS) is 14.0. The highest BCUT2D eigenvalue weighted by atomic mass is 16.4. The smallest absolute Gasteiger partial charge is 0.326 e. The van der Waals surface area contributed by atoms with Gasteiger partial charge in [-0.15, -0.1) is 0 Å². The summed E-state index contributed by atoms with van der Waals surface area (Å²) < 4.78 is 0. The molecule has 2 rings (SSSR count). The maximum atomic E-state index is 13.4. The van der Waals surface area contributed by atoms with Crippen molar-refractivity contribution in [1.29, 1.82) is 0 Å². The molecule has 0 spiro atoms.